The fourth-order valence-corrected chi connectivity index (χ4v) is 2.95. The summed E-state index contributed by atoms with van der Waals surface area (Å²) in [5, 5.41) is 2.88. The highest BCUT2D eigenvalue weighted by Crippen LogP contribution is 2.13. The quantitative estimate of drug-likeness (QED) is 0.748. The molecule has 27 heavy (non-hydrogen) atoms. The van der Waals surface area contributed by atoms with Gasteiger partial charge in [0.05, 0.1) is 11.8 Å². The van der Waals surface area contributed by atoms with Gasteiger partial charge in [-0.25, -0.2) is 9.97 Å². The number of anilines is 1. The molecule has 0 aliphatic carbocycles. The minimum atomic E-state index is -0.147. The van der Waals surface area contributed by atoms with Gasteiger partial charge in [0.2, 0.25) is 5.95 Å². The highest BCUT2D eigenvalue weighted by molar-refractivity contribution is 5.93. The Morgan fingerprint density at radius 1 is 1.15 bits per heavy atom. The van der Waals surface area contributed by atoms with E-state index in [2.05, 4.69) is 22.2 Å². The summed E-state index contributed by atoms with van der Waals surface area (Å²) in [4.78, 5) is 36.8. The number of rotatable bonds is 7. The van der Waals surface area contributed by atoms with Gasteiger partial charge in [-0.3, -0.25) is 9.59 Å². The zero-order valence-electron chi connectivity index (χ0n) is 15.6. The average molecular weight is 371 g/mol. The number of aromatic nitrogens is 2. The maximum absolute atomic E-state index is 12.3. The van der Waals surface area contributed by atoms with Gasteiger partial charge in [-0.1, -0.05) is 19.8 Å². The van der Waals surface area contributed by atoms with Gasteiger partial charge in [0, 0.05) is 45.1 Å². The van der Waals surface area contributed by atoms with E-state index in [1.54, 1.807) is 29.4 Å². The van der Waals surface area contributed by atoms with E-state index in [4.69, 9.17) is 4.42 Å². The van der Waals surface area contributed by atoms with Gasteiger partial charge in [0.25, 0.3) is 11.8 Å². The van der Waals surface area contributed by atoms with E-state index in [0.29, 0.717) is 50.0 Å². The summed E-state index contributed by atoms with van der Waals surface area (Å²) in [6.45, 7) is 5.20. The van der Waals surface area contributed by atoms with E-state index in [-0.39, 0.29) is 11.8 Å². The molecule has 8 nitrogen and oxygen atoms in total. The maximum atomic E-state index is 12.3. The van der Waals surface area contributed by atoms with Gasteiger partial charge in [-0.2, -0.15) is 0 Å². The molecule has 0 aromatic carbocycles. The molecule has 8 heteroatoms. The Balaban J connectivity index is 1.50. The molecular formula is C19H25N5O3. The van der Waals surface area contributed by atoms with Gasteiger partial charge in [0.1, 0.15) is 0 Å². The number of piperazine rings is 1. The Morgan fingerprint density at radius 3 is 2.52 bits per heavy atom. The summed E-state index contributed by atoms with van der Waals surface area (Å²) < 4.78 is 5.17. The lowest BCUT2D eigenvalue weighted by Crippen LogP contribution is -2.49. The van der Waals surface area contributed by atoms with Crippen molar-refractivity contribution >= 4 is 17.8 Å². The predicted molar refractivity (Wildman–Crippen MR) is 101 cm³/mol. The largest absolute Gasteiger partial charge is 0.459 e. The Hall–Kier alpha value is -2.90. The monoisotopic (exact) mass is 371 g/mol. The van der Waals surface area contributed by atoms with Crippen LogP contribution >= 0.6 is 0 Å². The molecule has 1 fully saturated rings. The van der Waals surface area contributed by atoms with Gasteiger partial charge in [-0.05, 0) is 18.6 Å². The van der Waals surface area contributed by atoms with Crippen molar-refractivity contribution in [1.29, 1.82) is 0 Å². The van der Waals surface area contributed by atoms with Crippen LogP contribution in [-0.2, 0) is 0 Å². The van der Waals surface area contributed by atoms with Crippen LogP contribution < -0.4 is 10.2 Å². The van der Waals surface area contributed by atoms with Crippen molar-refractivity contribution in [3.05, 3.63) is 42.1 Å². The van der Waals surface area contributed by atoms with Crippen LogP contribution in [-0.4, -0.2) is 59.4 Å². The summed E-state index contributed by atoms with van der Waals surface area (Å²) in [5.41, 5.74) is 0.460. The standard InChI is InChI=1S/C19H25N5O3/c1-2-3-4-7-20-17(25)15-13-21-19(22-14-15)24-10-8-23(9-11-24)18(26)16-6-5-12-27-16/h5-6,12-14H,2-4,7-11H2,1H3,(H,20,25). The van der Waals surface area contributed by atoms with E-state index in [1.807, 2.05) is 4.90 Å². The second kappa shape index (κ2) is 9.16. The highest BCUT2D eigenvalue weighted by atomic mass is 16.3. The Kier molecular flexibility index (Phi) is 6.40. The molecule has 0 unspecified atom stereocenters. The Labute approximate surface area is 158 Å². The summed E-state index contributed by atoms with van der Waals surface area (Å²) >= 11 is 0. The normalized spacial score (nSPS) is 14.3. The molecule has 144 valence electrons. The van der Waals surface area contributed by atoms with E-state index < -0.39 is 0 Å². The average Bonchev–Trinajstić information content (AvgIpc) is 3.26. The first-order chi connectivity index (χ1) is 13.2. The lowest BCUT2D eigenvalue weighted by atomic mass is 10.2. The smallest absolute Gasteiger partial charge is 0.289 e. The van der Waals surface area contributed by atoms with Crippen LogP contribution in [0.5, 0.6) is 0 Å². The zero-order chi connectivity index (χ0) is 19.1. The number of hydrogen-bond acceptors (Lipinski definition) is 6. The Bertz CT molecular complexity index is 737. The van der Waals surface area contributed by atoms with Crippen LogP contribution in [0.3, 0.4) is 0 Å². The minimum Gasteiger partial charge on any atom is -0.459 e. The number of carbonyl (C=O) groups is 2. The number of amides is 2. The van der Waals surface area contributed by atoms with Crippen molar-refractivity contribution in [2.45, 2.75) is 26.2 Å². The molecule has 3 heterocycles. The molecule has 0 spiro atoms. The van der Waals surface area contributed by atoms with Crippen molar-refractivity contribution in [1.82, 2.24) is 20.2 Å². The molecule has 2 aromatic rings. The fourth-order valence-electron chi connectivity index (χ4n) is 2.95. The van der Waals surface area contributed by atoms with Crippen molar-refractivity contribution in [3.63, 3.8) is 0 Å². The van der Waals surface area contributed by atoms with E-state index in [9.17, 15) is 9.59 Å². The van der Waals surface area contributed by atoms with Crippen molar-refractivity contribution in [2.24, 2.45) is 0 Å². The fraction of sp³-hybridized carbons (Fsp3) is 0.474. The highest BCUT2D eigenvalue weighted by Gasteiger charge is 2.24. The molecule has 0 saturated carbocycles. The van der Waals surface area contributed by atoms with Crippen LogP contribution in [0.15, 0.2) is 35.2 Å². The molecule has 0 radical (unpaired) electrons. The van der Waals surface area contributed by atoms with Crippen molar-refractivity contribution < 1.29 is 14.0 Å². The number of carbonyl (C=O) groups excluding carboxylic acids is 2. The van der Waals surface area contributed by atoms with E-state index in [1.165, 1.54) is 6.26 Å². The molecule has 1 saturated heterocycles. The van der Waals surface area contributed by atoms with Crippen molar-refractivity contribution in [3.8, 4) is 0 Å². The number of nitrogens with one attached hydrogen (secondary N) is 1. The van der Waals surface area contributed by atoms with Gasteiger partial charge >= 0.3 is 0 Å². The number of hydrogen-bond donors (Lipinski definition) is 1. The molecule has 0 bridgehead atoms. The van der Waals surface area contributed by atoms with Crippen LogP contribution in [0.4, 0.5) is 5.95 Å². The van der Waals surface area contributed by atoms with E-state index >= 15 is 0 Å². The number of furan rings is 1. The second-order valence-corrected chi connectivity index (χ2v) is 6.49. The molecule has 3 rings (SSSR count). The molecule has 2 amide bonds. The summed E-state index contributed by atoms with van der Waals surface area (Å²) in [5.74, 6) is 0.679. The molecule has 1 aliphatic heterocycles. The second-order valence-electron chi connectivity index (χ2n) is 6.49. The summed E-state index contributed by atoms with van der Waals surface area (Å²) in [7, 11) is 0. The number of nitrogens with zero attached hydrogens (tertiary/aromatic N) is 4. The van der Waals surface area contributed by atoms with Crippen LogP contribution in [0.1, 0.15) is 47.1 Å². The molecule has 1 N–H and O–H groups in total. The van der Waals surface area contributed by atoms with Crippen LogP contribution in [0.25, 0.3) is 0 Å². The predicted octanol–water partition coefficient (Wildman–Crippen LogP) is 1.95. The Morgan fingerprint density at radius 2 is 1.89 bits per heavy atom. The van der Waals surface area contributed by atoms with Gasteiger partial charge < -0.3 is 19.5 Å². The first-order valence-electron chi connectivity index (χ1n) is 9.37. The van der Waals surface area contributed by atoms with Crippen LogP contribution in [0, 0.1) is 0 Å². The first-order valence-corrected chi connectivity index (χ1v) is 9.37. The number of unbranched alkanes of at least 4 members (excludes halogenated alkanes) is 2. The van der Waals surface area contributed by atoms with Crippen LogP contribution in [0.2, 0.25) is 0 Å². The van der Waals surface area contributed by atoms with Crippen molar-refractivity contribution in [2.75, 3.05) is 37.6 Å². The summed E-state index contributed by atoms with van der Waals surface area (Å²) in [6, 6.07) is 3.38. The minimum absolute atomic E-state index is 0.101. The maximum Gasteiger partial charge on any atom is 0.289 e. The van der Waals surface area contributed by atoms with Gasteiger partial charge in [-0.15, -0.1) is 0 Å². The molecule has 2 aromatic heterocycles. The lowest BCUT2D eigenvalue weighted by Gasteiger charge is -2.34. The third-order valence-electron chi connectivity index (χ3n) is 4.55. The first kappa shape index (κ1) is 18.9. The zero-order valence-corrected chi connectivity index (χ0v) is 15.6. The molecule has 0 atom stereocenters. The molecular weight excluding hydrogens is 346 g/mol. The van der Waals surface area contributed by atoms with E-state index in [0.717, 1.165) is 19.3 Å². The molecule has 1 aliphatic rings. The third-order valence-corrected chi connectivity index (χ3v) is 4.55. The summed E-state index contributed by atoms with van der Waals surface area (Å²) in [6.07, 6.45) is 7.80. The third kappa shape index (κ3) is 4.84. The topological polar surface area (TPSA) is 91.6 Å². The lowest BCUT2D eigenvalue weighted by molar-refractivity contribution is 0.0714. The van der Waals surface area contributed by atoms with Gasteiger partial charge in [0.15, 0.2) is 5.76 Å². The SMILES string of the molecule is CCCCCNC(=O)c1cnc(N2CCN(C(=O)c3ccco3)CC2)nc1.